The highest BCUT2D eigenvalue weighted by Gasteiger charge is 2.46. The van der Waals surface area contributed by atoms with Crippen LogP contribution in [-0.4, -0.2) is 89.2 Å². The van der Waals surface area contributed by atoms with Crippen LogP contribution in [0.25, 0.3) is 22.3 Å². The Morgan fingerprint density at radius 3 is 2.09 bits per heavy atom. The number of aliphatic hydroxyl groups excluding tert-OH is 3. The molecule has 2 heterocycles. The lowest BCUT2D eigenvalue weighted by molar-refractivity contribution is -0.277. The quantitative estimate of drug-likeness (QED) is 0.109. The number of ether oxygens (including phenoxy) is 3. The molecule has 5 rings (SSSR count). The first-order valence-corrected chi connectivity index (χ1v) is 12.5. The van der Waals surface area contributed by atoms with Crippen LogP contribution in [0.2, 0.25) is 0 Å². The van der Waals surface area contributed by atoms with Crippen LogP contribution in [0.5, 0.6) is 40.2 Å². The summed E-state index contributed by atoms with van der Waals surface area (Å²) in [5.41, 5.74) is -1.43. The van der Waals surface area contributed by atoms with Crippen molar-refractivity contribution in [1.82, 2.24) is 0 Å². The molecule has 9 N–H and O–H groups in total. The van der Waals surface area contributed by atoms with Crippen LogP contribution in [0.3, 0.4) is 0 Å². The van der Waals surface area contributed by atoms with Gasteiger partial charge < -0.3 is 64.6 Å². The van der Waals surface area contributed by atoms with Gasteiger partial charge in [0.15, 0.2) is 23.0 Å². The maximum atomic E-state index is 13.5. The molecule has 0 aliphatic carbocycles. The van der Waals surface area contributed by atoms with Crippen LogP contribution in [0.15, 0.2) is 57.7 Å². The second-order valence-electron chi connectivity index (χ2n) is 9.57. The van der Waals surface area contributed by atoms with E-state index in [4.69, 9.17) is 18.6 Å². The van der Waals surface area contributed by atoms with Gasteiger partial charge in [0.2, 0.25) is 17.5 Å². The minimum Gasteiger partial charge on any atom is -0.508 e. The van der Waals surface area contributed by atoms with E-state index < -0.39 is 88.6 Å². The lowest BCUT2D eigenvalue weighted by atomic mass is 9.99. The Morgan fingerprint density at radius 2 is 1.44 bits per heavy atom. The molecule has 1 saturated heterocycles. The van der Waals surface area contributed by atoms with Gasteiger partial charge in [-0.2, -0.15) is 0 Å². The molecule has 5 atom stereocenters. The van der Waals surface area contributed by atoms with Crippen LogP contribution in [0.4, 0.5) is 0 Å². The fourth-order valence-electron chi connectivity index (χ4n) is 4.41. The van der Waals surface area contributed by atoms with Crippen molar-refractivity contribution in [3.8, 4) is 51.6 Å². The summed E-state index contributed by atoms with van der Waals surface area (Å²) in [6.45, 7) is -0.761. The molecule has 0 saturated carbocycles. The van der Waals surface area contributed by atoms with E-state index in [9.17, 15) is 55.5 Å². The predicted octanol–water partition coefficient (Wildman–Crippen LogP) is 0.737. The van der Waals surface area contributed by atoms with E-state index in [-0.39, 0.29) is 28.2 Å². The molecule has 4 aromatic rings. The van der Waals surface area contributed by atoms with E-state index in [1.54, 1.807) is 0 Å². The van der Waals surface area contributed by atoms with Gasteiger partial charge in [0.05, 0.1) is 5.56 Å². The van der Waals surface area contributed by atoms with Gasteiger partial charge in [-0.15, -0.1) is 0 Å². The van der Waals surface area contributed by atoms with Crippen LogP contribution >= 0.6 is 0 Å². The Kier molecular flexibility index (Phi) is 7.64. The molecule has 0 amide bonds. The molecule has 0 radical (unpaired) electrons. The lowest BCUT2D eigenvalue weighted by Crippen LogP contribution is -2.60. The van der Waals surface area contributed by atoms with Crippen molar-refractivity contribution in [1.29, 1.82) is 0 Å². The molecule has 43 heavy (non-hydrogen) atoms. The van der Waals surface area contributed by atoms with E-state index in [1.807, 2.05) is 0 Å². The summed E-state index contributed by atoms with van der Waals surface area (Å²) >= 11 is 0. The minimum absolute atomic E-state index is 0.122. The van der Waals surface area contributed by atoms with Crippen molar-refractivity contribution >= 4 is 16.9 Å². The third-order valence-corrected chi connectivity index (χ3v) is 6.63. The number of fused-ring (bicyclic) bond motifs is 1. The van der Waals surface area contributed by atoms with Crippen molar-refractivity contribution in [2.24, 2.45) is 0 Å². The van der Waals surface area contributed by atoms with E-state index in [1.165, 1.54) is 24.3 Å². The van der Waals surface area contributed by atoms with Gasteiger partial charge in [-0.05, 0) is 36.4 Å². The SMILES string of the molecule is O=C(OC[C@H]1O[C@@H](Oc2c(-c3ccc(O)cc3)oc3cc(O)cc(O)c3c2=O)[C@H](O)[C@@H](O)[C@H]1O)c1cc(O)c(O)c(O)c1. The summed E-state index contributed by atoms with van der Waals surface area (Å²) in [7, 11) is 0. The molecule has 1 aliphatic heterocycles. The summed E-state index contributed by atoms with van der Waals surface area (Å²) in [6.07, 6.45) is -9.19. The second-order valence-corrected chi connectivity index (χ2v) is 9.57. The summed E-state index contributed by atoms with van der Waals surface area (Å²) in [6, 6.07) is 8.81. The number of benzene rings is 3. The third kappa shape index (κ3) is 5.52. The summed E-state index contributed by atoms with van der Waals surface area (Å²) < 4.78 is 22.0. The molecule has 0 unspecified atom stereocenters. The fraction of sp³-hybridized carbons (Fsp3) is 0.214. The highest BCUT2D eigenvalue weighted by molar-refractivity contribution is 5.91. The van der Waals surface area contributed by atoms with Gasteiger partial charge in [0, 0.05) is 17.7 Å². The highest BCUT2D eigenvalue weighted by Crippen LogP contribution is 2.38. The topological polar surface area (TPSA) is 257 Å². The zero-order valence-electron chi connectivity index (χ0n) is 21.7. The van der Waals surface area contributed by atoms with E-state index in [0.29, 0.717) is 0 Å². The van der Waals surface area contributed by atoms with Gasteiger partial charge in [-0.3, -0.25) is 4.79 Å². The molecule has 226 valence electrons. The number of phenols is 6. The number of carbonyl (C=O) groups is 1. The molecule has 0 spiro atoms. The van der Waals surface area contributed by atoms with E-state index >= 15 is 0 Å². The zero-order chi connectivity index (χ0) is 31.2. The number of phenolic OH excluding ortho intramolecular Hbond substituents is 6. The Bertz CT molecular complexity index is 1720. The summed E-state index contributed by atoms with van der Waals surface area (Å²) in [4.78, 5) is 26.0. The Hall–Kier alpha value is -5.22. The normalized spacial score (nSPS) is 21.9. The van der Waals surface area contributed by atoms with Crippen molar-refractivity contribution < 1.29 is 69.4 Å². The van der Waals surface area contributed by atoms with Crippen LogP contribution < -0.4 is 10.2 Å². The smallest absolute Gasteiger partial charge is 0.338 e. The molecule has 3 aromatic carbocycles. The predicted molar refractivity (Wildman–Crippen MR) is 142 cm³/mol. The average Bonchev–Trinajstić information content (AvgIpc) is 2.96. The van der Waals surface area contributed by atoms with Crippen molar-refractivity contribution in [2.75, 3.05) is 6.61 Å². The number of carbonyl (C=O) groups excluding carboxylic acids is 1. The van der Waals surface area contributed by atoms with E-state index in [2.05, 4.69) is 0 Å². The maximum absolute atomic E-state index is 13.5. The Balaban J connectivity index is 1.47. The Morgan fingerprint density at radius 1 is 0.791 bits per heavy atom. The second kappa shape index (κ2) is 11.2. The molecular weight excluding hydrogens is 576 g/mol. The number of hydrogen-bond acceptors (Lipinski definition) is 15. The van der Waals surface area contributed by atoms with Crippen molar-refractivity contribution in [3.05, 3.63) is 64.3 Å². The zero-order valence-corrected chi connectivity index (χ0v) is 21.7. The first kappa shape index (κ1) is 29.3. The van der Waals surface area contributed by atoms with Gasteiger partial charge in [-0.25, -0.2) is 4.79 Å². The summed E-state index contributed by atoms with van der Waals surface area (Å²) in [5.74, 6) is -5.74. The van der Waals surface area contributed by atoms with Crippen molar-refractivity contribution in [3.63, 3.8) is 0 Å². The Labute approximate surface area is 239 Å². The summed E-state index contributed by atoms with van der Waals surface area (Å²) in [5, 5.41) is 89.8. The maximum Gasteiger partial charge on any atom is 0.338 e. The number of aromatic hydroxyl groups is 6. The molecule has 1 fully saturated rings. The largest absolute Gasteiger partial charge is 0.508 e. The van der Waals surface area contributed by atoms with Crippen LogP contribution in [0.1, 0.15) is 10.4 Å². The van der Waals surface area contributed by atoms with Gasteiger partial charge in [0.1, 0.15) is 59.2 Å². The third-order valence-electron chi connectivity index (χ3n) is 6.63. The number of aliphatic hydroxyl groups is 3. The molecule has 1 aromatic heterocycles. The molecular formula is C28H24O15. The van der Waals surface area contributed by atoms with Gasteiger partial charge in [-0.1, -0.05) is 0 Å². The van der Waals surface area contributed by atoms with E-state index in [0.717, 1.165) is 24.3 Å². The standard InChI is InChI=1S/C28H24O15/c29-12-3-1-10(2-4-12)25-26(22(36)19-14(31)7-13(30)8-17(19)41-25)43-28-24(38)23(37)21(35)18(42-28)9-40-27(39)11-5-15(32)20(34)16(33)6-11/h1-8,18,21,23-24,28-35,37-38H,9H2/t18-,21+,23+,24-,28+/m1/s1. The first-order chi connectivity index (χ1) is 20.3. The molecule has 15 heteroatoms. The monoisotopic (exact) mass is 600 g/mol. The number of esters is 1. The minimum atomic E-state index is -1.97. The molecule has 1 aliphatic rings. The first-order valence-electron chi connectivity index (χ1n) is 12.5. The van der Waals surface area contributed by atoms with Crippen molar-refractivity contribution in [2.45, 2.75) is 30.7 Å². The van der Waals surface area contributed by atoms with Gasteiger partial charge >= 0.3 is 5.97 Å². The average molecular weight is 600 g/mol. The van der Waals surface area contributed by atoms with Gasteiger partial charge in [0.25, 0.3) is 0 Å². The fourth-order valence-corrected chi connectivity index (χ4v) is 4.41. The molecule has 0 bridgehead atoms. The number of hydrogen-bond donors (Lipinski definition) is 9. The van der Waals surface area contributed by atoms with Crippen LogP contribution in [0, 0.1) is 0 Å². The highest BCUT2D eigenvalue weighted by atomic mass is 16.7. The molecule has 15 nitrogen and oxygen atoms in total. The van der Waals surface area contributed by atoms with Crippen LogP contribution in [-0.2, 0) is 9.47 Å². The number of rotatable bonds is 6. The lowest BCUT2D eigenvalue weighted by Gasteiger charge is -2.39.